The van der Waals surface area contributed by atoms with Gasteiger partial charge in [0.15, 0.2) is 0 Å². The van der Waals surface area contributed by atoms with Crippen LogP contribution in [-0.2, 0) is 17.6 Å². The lowest BCUT2D eigenvalue weighted by atomic mass is 10.1. The third-order valence-electron chi connectivity index (χ3n) is 4.63. The summed E-state index contributed by atoms with van der Waals surface area (Å²) in [6.07, 6.45) is 4.74. The summed E-state index contributed by atoms with van der Waals surface area (Å²) in [5.41, 5.74) is 2.91. The van der Waals surface area contributed by atoms with Gasteiger partial charge in [-0.1, -0.05) is 19.1 Å². The zero-order valence-electron chi connectivity index (χ0n) is 14.5. The van der Waals surface area contributed by atoms with Gasteiger partial charge in [0, 0.05) is 44.1 Å². The van der Waals surface area contributed by atoms with Crippen LogP contribution >= 0.6 is 0 Å². The van der Waals surface area contributed by atoms with E-state index in [-0.39, 0.29) is 11.8 Å². The van der Waals surface area contributed by atoms with Crippen LogP contribution in [0.2, 0.25) is 0 Å². The van der Waals surface area contributed by atoms with Crippen LogP contribution < -0.4 is 0 Å². The van der Waals surface area contributed by atoms with Gasteiger partial charge in [-0.25, -0.2) is 0 Å². The summed E-state index contributed by atoms with van der Waals surface area (Å²) in [4.78, 5) is 32.6. The van der Waals surface area contributed by atoms with Crippen LogP contribution in [0.15, 0.2) is 48.8 Å². The second-order valence-corrected chi connectivity index (χ2v) is 6.26. The average Bonchev–Trinajstić information content (AvgIpc) is 2.68. The van der Waals surface area contributed by atoms with Crippen LogP contribution in [0.1, 0.15) is 28.4 Å². The minimum atomic E-state index is 0.0453. The normalized spacial score (nSPS) is 14.4. The van der Waals surface area contributed by atoms with Crippen LogP contribution in [-0.4, -0.2) is 52.8 Å². The lowest BCUT2D eigenvalue weighted by Crippen LogP contribution is -2.51. The van der Waals surface area contributed by atoms with Crippen molar-refractivity contribution in [1.29, 1.82) is 0 Å². The average molecular weight is 337 g/mol. The molecule has 0 saturated carbocycles. The van der Waals surface area contributed by atoms with Crippen LogP contribution in [0.3, 0.4) is 0 Å². The topological polar surface area (TPSA) is 53.5 Å². The Hall–Kier alpha value is -2.69. The molecule has 0 spiro atoms. The van der Waals surface area contributed by atoms with Gasteiger partial charge in [-0.05, 0) is 41.8 Å². The third-order valence-corrected chi connectivity index (χ3v) is 4.63. The van der Waals surface area contributed by atoms with E-state index in [9.17, 15) is 9.59 Å². The van der Waals surface area contributed by atoms with Gasteiger partial charge in [-0.15, -0.1) is 0 Å². The number of piperazine rings is 1. The molecule has 1 fully saturated rings. The fourth-order valence-electron chi connectivity index (χ4n) is 3.01. The van der Waals surface area contributed by atoms with Crippen molar-refractivity contribution in [2.24, 2.45) is 0 Å². The summed E-state index contributed by atoms with van der Waals surface area (Å²) < 4.78 is 0. The molecule has 1 aliphatic heterocycles. The number of benzene rings is 1. The minimum Gasteiger partial charge on any atom is -0.339 e. The Labute approximate surface area is 148 Å². The summed E-state index contributed by atoms with van der Waals surface area (Å²) in [6, 6.07) is 11.5. The Balaban J connectivity index is 1.54. The second-order valence-electron chi connectivity index (χ2n) is 6.26. The zero-order chi connectivity index (χ0) is 17.6. The molecule has 1 aromatic carbocycles. The van der Waals surface area contributed by atoms with Gasteiger partial charge in [-0.3, -0.25) is 14.6 Å². The highest BCUT2D eigenvalue weighted by atomic mass is 16.2. The third kappa shape index (κ3) is 4.24. The molecular weight excluding hydrogens is 314 g/mol. The van der Waals surface area contributed by atoms with Gasteiger partial charge in [0.1, 0.15) is 0 Å². The number of hydrogen-bond donors (Lipinski definition) is 0. The first-order chi connectivity index (χ1) is 12.2. The summed E-state index contributed by atoms with van der Waals surface area (Å²) >= 11 is 0. The molecule has 0 atom stereocenters. The first kappa shape index (κ1) is 17.1. The smallest absolute Gasteiger partial charge is 0.253 e. The molecule has 0 bridgehead atoms. The largest absolute Gasteiger partial charge is 0.339 e. The number of carbonyl (C=O) groups excluding carboxylic acids is 2. The molecule has 25 heavy (non-hydrogen) atoms. The molecule has 1 saturated heterocycles. The van der Waals surface area contributed by atoms with Crippen molar-refractivity contribution in [3.05, 3.63) is 65.5 Å². The van der Waals surface area contributed by atoms with Gasteiger partial charge in [0.05, 0.1) is 6.42 Å². The maximum absolute atomic E-state index is 12.6. The monoisotopic (exact) mass is 337 g/mol. The molecule has 1 aromatic heterocycles. The molecule has 1 aliphatic rings. The number of aromatic nitrogens is 1. The van der Waals surface area contributed by atoms with Gasteiger partial charge < -0.3 is 9.80 Å². The summed E-state index contributed by atoms with van der Waals surface area (Å²) in [5.74, 6) is 0.148. The van der Waals surface area contributed by atoms with Crippen LogP contribution in [0.4, 0.5) is 0 Å². The molecule has 0 unspecified atom stereocenters. The van der Waals surface area contributed by atoms with E-state index in [0.29, 0.717) is 38.2 Å². The van der Waals surface area contributed by atoms with Crippen molar-refractivity contribution in [2.75, 3.05) is 26.2 Å². The molecular formula is C20H23N3O2. The SMILES string of the molecule is CCc1ccc(C(=O)N2CCN(C(=O)Cc3ccncc3)CC2)cc1. The van der Waals surface area contributed by atoms with E-state index in [1.54, 1.807) is 12.4 Å². The lowest BCUT2D eigenvalue weighted by molar-refractivity contribution is -0.131. The van der Waals surface area contributed by atoms with E-state index in [1.165, 1.54) is 5.56 Å². The van der Waals surface area contributed by atoms with E-state index in [0.717, 1.165) is 12.0 Å². The van der Waals surface area contributed by atoms with Crippen molar-refractivity contribution >= 4 is 11.8 Å². The number of pyridine rings is 1. The van der Waals surface area contributed by atoms with Crippen molar-refractivity contribution in [2.45, 2.75) is 19.8 Å². The predicted molar refractivity (Wildman–Crippen MR) is 96.2 cm³/mol. The first-order valence-electron chi connectivity index (χ1n) is 8.72. The van der Waals surface area contributed by atoms with Crippen molar-refractivity contribution in [3.8, 4) is 0 Å². The highest BCUT2D eigenvalue weighted by molar-refractivity contribution is 5.94. The fraction of sp³-hybridized carbons (Fsp3) is 0.350. The standard InChI is InChI=1S/C20H23N3O2/c1-2-16-3-5-18(6-4-16)20(25)23-13-11-22(12-14-23)19(24)15-17-7-9-21-10-8-17/h3-10H,2,11-15H2,1H3. The van der Waals surface area contributed by atoms with Crippen molar-refractivity contribution in [3.63, 3.8) is 0 Å². The van der Waals surface area contributed by atoms with Gasteiger partial charge in [-0.2, -0.15) is 0 Å². The van der Waals surface area contributed by atoms with Crippen LogP contribution in [0.25, 0.3) is 0 Å². The number of rotatable bonds is 4. The fourth-order valence-corrected chi connectivity index (χ4v) is 3.01. The number of hydrogen-bond acceptors (Lipinski definition) is 3. The maximum Gasteiger partial charge on any atom is 0.253 e. The van der Waals surface area contributed by atoms with Crippen LogP contribution in [0.5, 0.6) is 0 Å². The molecule has 5 nitrogen and oxygen atoms in total. The Morgan fingerprint density at radius 2 is 1.48 bits per heavy atom. The molecule has 5 heteroatoms. The molecule has 3 rings (SSSR count). The molecule has 0 radical (unpaired) electrons. The number of amides is 2. The van der Waals surface area contributed by atoms with E-state index in [1.807, 2.05) is 46.2 Å². The van der Waals surface area contributed by atoms with Gasteiger partial charge >= 0.3 is 0 Å². The number of aryl methyl sites for hydroxylation is 1. The predicted octanol–water partition coefficient (Wildman–Crippen LogP) is 2.17. The first-order valence-corrected chi connectivity index (χ1v) is 8.72. The Morgan fingerprint density at radius 3 is 2.08 bits per heavy atom. The molecule has 0 aliphatic carbocycles. The molecule has 2 aromatic rings. The molecule has 130 valence electrons. The summed E-state index contributed by atoms with van der Waals surface area (Å²) in [6.45, 7) is 4.43. The van der Waals surface area contributed by atoms with E-state index in [4.69, 9.17) is 0 Å². The van der Waals surface area contributed by atoms with Gasteiger partial charge in [0.25, 0.3) is 5.91 Å². The highest BCUT2D eigenvalue weighted by Gasteiger charge is 2.24. The summed E-state index contributed by atoms with van der Waals surface area (Å²) in [5, 5.41) is 0. The Morgan fingerprint density at radius 1 is 0.880 bits per heavy atom. The Bertz CT molecular complexity index is 720. The van der Waals surface area contributed by atoms with Crippen molar-refractivity contribution < 1.29 is 9.59 Å². The molecule has 0 N–H and O–H groups in total. The highest BCUT2D eigenvalue weighted by Crippen LogP contribution is 2.12. The lowest BCUT2D eigenvalue weighted by Gasteiger charge is -2.35. The van der Waals surface area contributed by atoms with E-state index in [2.05, 4.69) is 11.9 Å². The number of carbonyl (C=O) groups is 2. The van der Waals surface area contributed by atoms with Crippen molar-refractivity contribution in [1.82, 2.24) is 14.8 Å². The minimum absolute atomic E-state index is 0.0453. The maximum atomic E-state index is 12.6. The van der Waals surface area contributed by atoms with E-state index >= 15 is 0 Å². The quantitative estimate of drug-likeness (QED) is 0.859. The second kappa shape index (κ2) is 7.92. The molecule has 2 amide bonds. The molecule has 2 heterocycles. The van der Waals surface area contributed by atoms with Crippen LogP contribution in [0, 0.1) is 0 Å². The Kier molecular flexibility index (Phi) is 5.43. The summed E-state index contributed by atoms with van der Waals surface area (Å²) in [7, 11) is 0. The number of nitrogens with zero attached hydrogens (tertiary/aromatic N) is 3. The van der Waals surface area contributed by atoms with Gasteiger partial charge in [0.2, 0.25) is 5.91 Å². The van der Waals surface area contributed by atoms with E-state index < -0.39 is 0 Å². The zero-order valence-corrected chi connectivity index (χ0v) is 14.5.